The Morgan fingerprint density at radius 1 is 1.24 bits per heavy atom. The Labute approximate surface area is 158 Å². The van der Waals surface area contributed by atoms with Gasteiger partial charge in [0.15, 0.2) is 5.11 Å². The minimum Gasteiger partial charge on any atom is -0.358 e. The quantitative estimate of drug-likeness (QED) is 0.412. The van der Waals surface area contributed by atoms with Crippen molar-refractivity contribution in [3.63, 3.8) is 0 Å². The van der Waals surface area contributed by atoms with Crippen LogP contribution in [0.2, 0.25) is 0 Å². The highest BCUT2D eigenvalue weighted by Gasteiger charge is 2.27. The number of rotatable bonds is 5. The van der Waals surface area contributed by atoms with Crippen LogP contribution in [0, 0.1) is 17.7 Å². The highest BCUT2D eigenvalue weighted by Crippen LogP contribution is 2.29. The van der Waals surface area contributed by atoms with Crippen LogP contribution in [0.5, 0.6) is 0 Å². The van der Waals surface area contributed by atoms with Gasteiger partial charge in [-0.25, -0.2) is 4.39 Å². The molecule has 1 amide bonds. The van der Waals surface area contributed by atoms with E-state index in [4.69, 9.17) is 12.2 Å². The Kier molecular flexibility index (Phi) is 7.96. The van der Waals surface area contributed by atoms with Gasteiger partial charge in [-0.3, -0.25) is 15.6 Å². The lowest BCUT2D eigenvalue weighted by Crippen LogP contribution is -2.52. The molecule has 2 rings (SSSR count). The zero-order chi connectivity index (χ0) is 18.2. The first kappa shape index (κ1) is 20.0. The van der Waals surface area contributed by atoms with E-state index in [-0.39, 0.29) is 11.7 Å². The monoisotopic (exact) mass is 383 g/mol. The second kappa shape index (κ2) is 9.97. The number of carbonyl (C=O) groups excluding carboxylic acids is 1. The lowest BCUT2D eigenvalue weighted by Gasteiger charge is -2.35. The predicted octanol–water partition coefficient (Wildman–Crippen LogP) is 3.63. The number of halogens is 1. The second-order valence-corrected chi connectivity index (χ2v) is 8.15. The first-order chi connectivity index (χ1) is 12.0. The van der Waals surface area contributed by atoms with Crippen molar-refractivity contribution >= 4 is 35.0 Å². The number of benzene rings is 1. The molecule has 0 radical (unpaired) electrons. The van der Waals surface area contributed by atoms with Crippen molar-refractivity contribution in [3.8, 4) is 0 Å². The highest BCUT2D eigenvalue weighted by molar-refractivity contribution is 7.99. The third-order valence-electron chi connectivity index (χ3n) is 4.75. The van der Waals surface area contributed by atoms with Crippen LogP contribution in [0.4, 0.5) is 4.39 Å². The first-order valence-corrected chi connectivity index (χ1v) is 10.1. The van der Waals surface area contributed by atoms with Gasteiger partial charge in [0.25, 0.3) is 0 Å². The Morgan fingerprint density at radius 3 is 2.68 bits per heavy atom. The summed E-state index contributed by atoms with van der Waals surface area (Å²) in [6.45, 7) is 4.52. The van der Waals surface area contributed by atoms with Crippen molar-refractivity contribution in [2.45, 2.75) is 50.5 Å². The number of carbonyl (C=O) groups is 1. The summed E-state index contributed by atoms with van der Waals surface area (Å²) < 4.78 is 12.8. The third kappa shape index (κ3) is 6.82. The number of hydrogen-bond acceptors (Lipinski definition) is 3. The molecule has 25 heavy (non-hydrogen) atoms. The maximum Gasteiger partial charge on any atom is 0.239 e. The van der Waals surface area contributed by atoms with Crippen molar-refractivity contribution in [1.82, 2.24) is 16.2 Å². The molecular weight excluding hydrogens is 357 g/mol. The molecule has 138 valence electrons. The minimum atomic E-state index is -0.256. The van der Waals surface area contributed by atoms with Crippen molar-refractivity contribution < 1.29 is 9.18 Å². The van der Waals surface area contributed by atoms with E-state index in [9.17, 15) is 9.18 Å². The summed E-state index contributed by atoms with van der Waals surface area (Å²) >= 11 is 6.79. The largest absolute Gasteiger partial charge is 0.358 e. The summed E-state index contributed by atoms with van der Waals surface area (Å²) in [5.41, 5.74) is 5.41. The van der Waals surface area contributed by atoms with Crippen LogP contribution < -0.4 is 16.2 Å². The summed E-state index contributed by atoms with van der Waals surface area (Å²) in [5.74, 6) is 1.50. The normalized spacial score (nSPS) is 22.9. The van der Waals surface area contributed by atoms with Gasteiger partial charge in [-0.1, -0.05) is 26.7 Å². The number of hydrogen-bond donors (Lipinski definition) is 3. The topological polar surface area (TPSA) is 53.2 Å². The van der Waals surface area contributed by atoms with Gasteiger partial charge in [-0.05, 0) is 54.7 Å². The molecule has 0 saturated heterocycles. The second-order valence-electron chi connectivity index (χ2n) is 6.57. The maximum atomic E-state index is 12.8. The smallest absolute Gasteiger partial charge is 0.239 e. The average Bonchev–Trinajstić information content (AvgIpc) is 2.59. The van der Waals surface area contributed by atoms with E-state index < -0.39 is 0 Å². The van der Waals surface area contributed by atoms with E-state index in [0.29, 0.717) is 35.2 Å². The fraction of sp³-hybridized carbons (Fsp3) is 0.556. The molecule has 0 heterocycles. The van der Waals surface area contributed by atoms with Gasteiger partial charge in [-0.2, -0.15) is 0 Å². The maximum absolute atomic E-state index is 12.8. The molecule has 7 heteroatoms. The molecule has 1 aliphatic rings. The van der Waals surface area contributed by atoms with Crippen LogP contribution in [0.3, 0.4) is 0 Å². The number of thiocarbonyl (C=S) groups is 1. The summed E-state index contributed by atoms with van der Waals surface area (Å²) in [6.07, 6.45) is 3.94. The summed E-state index contributed by atoms with van der Waals surface area (Å²) in [4.78, 5) is 12.8. The molecule has 1 aromatic carbocycles. The number of hydrazine groups is 1. The van der Waals surface area contributed by atoms with Gasteiger partial charge >= 0.3 is 0 Å². The van der Waals surface area contributed by atoms with Gasteiger partial charge in [-0.15, -0.1) is 11.8 Å². The number of amides is 1. The molecule has 0 spiro atoms. The Morgan fingerprint density at radius 2 is 1.96 bits per heavy atom. The lowest BCUT2D eigenvalue weighted by molar-refractivity contribution is -0.121. The van der Waals surface area contributed by atoms with Gasteiger partial charge in [0.1, 0.15) is 5.82 Å². The fourth-order valence-electron chi connectivity index (χ4n) is 2.97. The molecule has 1 aliphatic carbocycles. The van der Waals surface area contributed by atoms with Crippen LogP contribution in [-0.2, 0) is 4.79 Å². The summed E-state index contributed by atoms with van der Waals surface area (Å²) in [6, 6.07) is 6.61. The van der Waals surface area contributed by atoms with E-state index in [1.165, 1.54) is 36.7 Å². The van der Waals surface area contributed by atoms with E-state index in [0.717, 1.165) is 11.3 Å². The van der Waals surface area contributed by atoms with Crippen molar-refractivity contribution in [2.75, 3.05) is 5.75 Å². The van der Waals surface area contributed by atoms with Gasteiger partial charge < -0.3 is 5.32 Å². The standard InChI is InChI=1S/C18H26FN3OS2/c1-12-4-3-5-16(13(12)2)20-18(24)22-21-17(23)10-11-25-15-8-6-14(19)7-9-15/h6-9,12-13,16H,3-5,10-11H2,1-2H3,(H,21,23)(H2,20,22,24)/t12-,13-,16-/m1/s1. The molecule has 0 bridgehead atoms. The van der Waals surface area contributed by atoms with Crippen LogP contribution in [0.1, 0.15) is 39.5 Å². The van der Waals surface area contributed by atoms with Crippen molar-refractivity contribution in [2.24, 2.45) is 11.8 Å². The van der Waals surface area contributed by atoms with Gasteiger partial charge in [0.2, 0.25) is 5.91 Å². The Bertz CT molecular complexity index is 582. The highest BCUT2D eigenvalue weighted by atomic mass is 32.2. The zero-order valence-corrected chi connectivity index (χ0v) is 16.3. The summed E-state index contributed by atoms with van der Waals surface area (Å²) in [5, 5.41) is 3.77. The molecule has 3 N–H and O–H groups in total. The Balaban J connectivity index is 1.62. The first-order valence-electron chi connectivity index (χ1n) is 8.69. The molecule has 0 unspecified atom stereocenters. The minimum absolute atomic E-state index is 0.121. The van der Waals surface area contributed by atoms with E-state index >= 15 is 0 Å². The van der Waals surface area contributed by atoms with Crippen LogP contribution in [-0.4, -0.2) is 22.8 Å². The van der Waals surface area contributed by atoms with E-state index in [1.54, 1.807) is 12.1 Å². The fourth-order valence-corrected chi connectivity index (χ4v) is 4.03. The van der Waals surface area contributed by atoms with E-state index in [2.05, 4.69) is 30.0 Å². The van der Waals surface area contributed by atoms with Crippen LogP contribution >= 0.6 is 24.0 Å². The van der Waals surface area contributed by atoms with Crippen LogP contribution in [0.15, 0.2) is 29.2 Å². The van der Waals surface area contributed by atoms with E-state index in [1.807, 2.05) is 0 Å². The molecule has 3 atom stereocenters. The van der Waals surface area contributed by atoms with Crippen LogP contribution in [0.25, 0.3) is 0 Å². The van der Waals surface area contributed by atoms with Gasteiger partial charge in [0, 0.05) is 23.1 Å². The molecule has 1 saturated carbocycles. The summed E-state index contributed by atoms with van der Waals surface area (Å²) in [7, 11) is 0. The molecule has 1 fully saturated rings. The lowest BCUT2D eigenvalue weighted by atomic mass is 9.78. The average molecular weight is 384 g/mol. The molecule has 0 aliphatic heterocycles. The van der Waals surface area contributed by atoms with Crippen molar-refractivity contribution in [1.29, 1.82) is 0 Å². The zero-order valence-electron chi connectivity index (χ0n) is 14.7. The van der Waals surface area contributed by atoms with Gasteiger partial charge in [0.05, 0.1) is 0 Å². The molecule has 4 nitrogen and oxygen atoms in total. The predicted molar refractivity (Wildman–Crippen MR) is 105 cm³/mol. The Hall–Kier alpha value is -1.34. The number of thioether (sulfide) groups is 1. The SMILES string of the molecule is C[C@@H]1[C@H](C)CCC[C@H]1NC(=S)NNC(=O)CCSc1ccc(F)cc1. The number of nitrogens with one attached hydrogen (secondary N) is 3. The molecular formula is C18H26FN3OS2. The molecule has 0 aromatic heterocycles. The molecule has 1 aromatic rings. The third-order valence-corrected chi connectivity index (χ3v) is 5.98. The van der Waals surface area contributed by atoms with Crippen molar-refractivity contribution in [3.05, 3.63) is 30.1 Å².